The van der Waals surface area contributed by atoms with Crippen molar-refractivity contribution in [3.05, 3.63) is 45.5 Å². The Morgan fingerprint density at radius 1 is 1.28 bits per heavy atom. The lowest BCUT2D eigenvalue weighted by Gasteiger charge is -2.29. The van der Waals surface area contributed by atoms with E-state index in [0.717, 1.165) is 58.2 Å². The summed E-state index contributed by atoms with van der Waals surface area (Å²) in [6, 6.07) is 3.87. The maximum absolute atomic E-state index is 12.6. The van der Waals surface area contributed by atoms with Crippen LogP contribution in [0.5, 0.6) is 5.75 Å². The summed E-state index contributed by atoms with van der Waals surface area (Å²) in [7, 11) is 1.64. The minimum absolute atomic E-state index is 0.0413. The summed E-state index contributed by atoms with van der Waals surface area (Å²) >= 11 is 4.39. The monoisotopic (exact) mass is 476 g/mol. The number of imide groups is 1. The molecule has 0 saturated carbocycles. The Hall–Kier alpha value is -2.06. The van der Waals surface area contributed by atoms with Crippen LogP contribution in [-0.2, 0) is 16.0 Å². The molecule has 0 aromatic heterocycles. The predicted molar refractivity (Wildman–Crippen MR) is 117 cm³/mol. The Balaban J connectivity index is 1.78. The van der Waals surface area contributed by atoms with Crippen molar-refractivity contribution < 1.29 is 19.1 Å². The first-order valence-electron chi connectivity index (χ1n) is 9.51. The standard InChI is InChI=1S/C21H21BrN2O4S/c1-28-17-7-6-13(14-3-2-8-23-18(14)17)15(19-20(26)24-21(27)29-19)9-11-4-5-12(22)10-16(11)25/h4-7,15,19,23H,2-3,8-10H2,1H3,(H,24,26,27). The molecule has 8 heteroatoms. The van der Waals surface area contributed by atoms with E-state index in [2.05, 4.69) is 26.6 Å². The first-order chi connectivity index (χ1) is 14.0. The van der Waals surface area contributed by atoms with E-state index in [9.17, 15) is 14.4 Å². The largest absolute Gasteiger partial charge is 0.495 e. The number of ketones is 1. The van der Waals surface area contributed by atoms with Gasteiger partial charge in [-0.3, -0.25) is 19.7 Å². The molecule has 2 unspecified atom stereocenters. The molecule has 2 aliphatic heterocycles. The highest BCUT2D eigenvalue weighted by Crippen LogP contribution is 2.44. The zero-order chi connectivity index (χ0) is 20.5. The Morgan fingerprint density at radius 3 is 2.79 bits per heavy atom. The van der Waals surface area contributed by atoms with Gasteiger partial charge in [0.25, 0.3) is 5.24 Å². The molecule has 1 saturated heterocycles. The van der Waals surface area contributed by atoms with Crippen LogP contribution < -0.4 is 15.4 Å². The highest BCUT2D eigenvalue weighted by Gasteiger charge is 2.41. The van der Waals surface area contributed by atoms with Crippen molar-refractivity contribution >= 4 is 50.3 Å². The van der Waals surface area contributed by atoms with Crippen LogP contribution in [-0.4, -0.2) is 35.8 Å². The van der Waals surface area contributed by atoms with Gasteiger partial charge < -0.3 is 10.1 Å². The minimum Gasteiger partial charge on any atom is -0.495 e. The number of Topliss-reactive ketones (excluding diaryl/α,β-unsaturated/α-hetero) is 1. The molecule has 1 aliphatic carbocycles. The molecule has 1 fully saturated rings. The Morgan fingerprint density at radius 2 is 2.10 bits per heavy atom. The van der Waals surface area contributed by atoms with E-state index in [-0.39, 0.29) is 22.8 Å². The molecule has 2 N–H and O–H groups in total. The zero-order valence-electron chi connectivity index (χ0n) is 15.9. The Labute approximate surface area is 181 Å². The number of nitrogens with one attached hydrogen (secondary N) is 2. The molecule has 2 amide bonds. The number of anilines is 1. The molecule has 0 bridgehead atoms. The average Bonchev–Trinajstić information content (AvgIpc) is 3.04. The van der Waals surface area contributed by atoms with Crippen molar-refractivity contribution in [2.75, 3.05) is 19.0 Å². The van der Waals surface area contributed by atoms with Crippen LogP contribution in [0.25, 0.3) is 0 Å². The van der Waals surface area contributed by atoms with Gasteiger partial charge in [0.15, 0.2) is 5.78 Å². The number of amides is 2. The third kappa shape index (κ3) is 4.00. The molecule has 0 radical (unpaired) electrons. The molecule has 2 heterocycles. The summed E-state index contributed by atoms with van der Waals surface area (Å²) in [6.45, 7) is 0.858. The Bertz CT molecular complexity index is 956. The molecule has 152 valence electrons. The number of hydrogen-bond acceptors (Lipinski definition) is 6. The summed E-state index contributed by atoms with van der Waals surface area (Å²) in [4.78, 5) is 37.0. The lowest BCUT2D eigenvalue weighted by atomic mass is 9.81. The molecule has 1 aromatic carbocycles. The normalized spacial score (nSPS) is 22.3. The van der Waals surface area contributed by atoms with E-state index >= 15 is 0 Å². The summed E-state index contributed by atoms with van der Waals surface area (Å²) < 4.78 is 6.35. The van der Waals surface area contributed by atoms with Gasteiger partial charge in [0.05, 0.1) is 12.8 Å². The molecule has 1 aromatic rings. The second-order valence-electron chi connectivity index (χ2n) is 7.27. The zero-order valence-corrected chi connectivity index (χ0v) is 18.3. The summed E-state index contributed by atoms with van der Waals surface area (Å²) in [5, 5.41) is 4.90. The van der Waals surface area contributed by atoms with Crippen LogP contribution in [0.1, 0.15) is 36.3 Å². The molecular formula is C21H21BrN2O4S. The number of methoxy groups -OCH3 is 1. The predicted octanol–water partition coefficient (Wildman–Crippen LogP) is 4.06. The van der Waals surface area contributed by atoms with Gasteiger partial charge in [-0.05, 0) is 42.0 Å². The first-order valence-corrected chi connectivity index (χ1v) is 11.2. The van der Waals surface area contributed by atoms with Crippen molar-refractivity contribution in [1.29, 1.82) is 0 Å². The van der Waals surface area contributed by atoms with Gasteiger partial charge in [-0.25, -0.2) is 0 Å². The molecule has 4 rings (SSSR count). The fourth-order valence-corrected chi connectivity index (χ4v) is 5.50. The van der Waals surface area contributed by atoms with Crippen molar-refractivity contribution in [3.63, 3.8) is 0 Å². The van der Waals surface area contributed by atoms with Crippen LogP contribution in [0.2, 0.25) is 0 Å². The number of rotatable bonds is 5. The number of allylic oxidation sites excluding steroid dienone is 4. The van der Waals surface area contributed by atoms with E-state index in [1.54, 1.807) is 7.11 Å². The topological polar surface area (TPSA) is 84.5 Å². The number of carbonyl (C=O) groups excluding carboxylic acids is 3. The SMILES string of the molecule is COc1ccc(C(CC2=CC=C(Br)CC2=O)C2SC(=O)NC2=O)c2c1NCCC2. The number of thioether (sulfide) groups is 1. The maximum atomic E-state index is 12.6. The van der Waals surface area contributed by atoms with E-state index in [1.807, 2.05) is 24.3 Å². The second-order valence-corrected chi connectivity index (χ2v) is 9.41. The minimum atomic E-state index is -0.565. The van der Waals surface area contributed by atoms with E-state index < -0.39 is 5.25 Å². The second kappa shape index (κ2) is 8.36. The summed E-state index contributed by atoms with van der Waals surface area (Å²) in [6.07, 6.45) is 6.26. The quantitative estimate of drug-likeness (QED) is 0.666. The molecule has 6 nitrogen and oxygen atoms in total. The smallest absolute Gasteiger partial charge is 0.286 e. The summed E-state index contributed by atoms with van der Waals surface area (Å²) in [5.74, 6) is 0.228. The van der Waals surface area contributed by atoms with Gasteiger partial charge in [-0.15, -0.1) is 0 Å². The lowest BCUT2D eigenvalue weighted by molar-refractivity contribution is -0.119. The molecule has 0 spiro atoms. The summed E-state index contributed by atoms with van der Waals surface area (Å²) in [5.41, 5.74) is 3.73. The first kappa shape index (κ1) is 20.2. The third-order valence-corrected chi connectivity index (χ3v) is 7.17. The maximum Gasteiger partial charge on any atom is 0.286 e. The Kier molecular flexibility index (Phi) is 5.83. The van der Waals surface area contributed by atoms with Crippen LogP contribution in [0, 0.1) is 0 Å². The van der Waals surface area contributed by atoms with Gasteiger partial charge in [-0.2, -0.15) is 0 Å². The number of benzene rings is 1. The van der Waals surface area contributed by atoms with Crippen LogP contribution >= 0.6 is 27.7 Å². The lowest BCUT2D eigenvalue weighted by Crippen LogP contribution is -2.30. The van der Waals surface area contributed by atoms with Gasteiger partial charge >= 0.3 is 0 Å². The number of carbonyl (C=O) groups is 3. The molecule has 3 aliphatic rings. The van der Waals surface area contributed by atoms with E-state index in [1.165, 1.54) is 0 Å². The third-order valence-electron chi connectivity index (χ3n) is 5.51. The van der Waals surface area contributed by atoms with E-state index in [0.29, 0.717) is 18.4 Å². The van der Waals surface area contributed by atoms with Crippen molar-refractivity contribution in [1.82, 2.24) is 5.32 Å². The van der Waals surface area contributed by atoms with Crippen LogP contribution in [0.3, 0.4) is 0 Å². The molecular weight excluding hydrogens is 456 g/mol. The average molecular weight is 477 g/mol. The number of fused-ring (bicyclic) bond motifs is 1. The van der Waals surface area contributed by atoms with Gasteiger partial charge in [0.2, 0.25) is 5.91 Å². The van der Waals surface area contributed by atoms with Gasteiger partial charge in [0.1, 0.15) is 11.0 Å². The molecule has 29 heavy (non-hydrogen) atoms. The highest BCUT2D eigenvalue weighted by atomic mass is 79.9. The highest BCUT2D eigenvalue weighted by molar-refractivity contribution is 9.11. The fourth-order valence-electron chi connectivity index (χ4n) is 4.15. The van der Waals surface area contributed by atoms with Gasteiger partial charge in [0, 0.05) is 23.4 Å². The molecule has 2 atom stereocenters. The van der Waals surface area contributed by atoms with Crippen molar-refractivity contribution in [3.8, 4) is 5.75 Å². The van der Waals surface area contributed by atoms with Crippen LogP contribution in [0.4, 0.5) is 10.5 Å². The van der Waals surface area contributed by atoms with Gasteiger partial charge in [-0.1, -0.05) is 45.9 Å². The van der Waals surface area contributed by atoms with Crippen molar-refractivity contribution in [2.45, 2.75) is 36.9 Å². The number of hydrogen-bond donors (Lipinski definition) is 2. The van der Waals surface area contributed by atoms with Crippen LogP contribution in [0.15, 0.2) is 34.3 Å². The number of halogens is 1. The van der Waals surface area contributed by atoms with Crippen molar-refractivity contribution in [2.24, 2.45) is 0 Å². The van der Waals surface area contributed by atoms with E-state index in [4.69, 9.17) is 4.74 Å². The number of ether oxygens (including phenoxy) is 1. The fraction of sp³-hybridized carbons (Fsp3) is 0.381.